The van der Waals surface area contributed by atoms with E-state index in [1.54, 1.807) is 6.07 Å². The van der Waals surface area contributed by atoms with E-state index in [0.717, 1.165) is 12.1 Å². The van der Waals surface area contributed by atoms with Crippen LogP contribution < -0.4 is 4.74 Å². The average molecular weight is 451 g/mol. The van der Waals surface area contributed by atoms with E-state index in [0.29, 0.717) is 0 Å². The van der Waals surface area contributed by atoms with Crippen molar-refractivity contribution in [3.8, 4) is 11.5 Å². The quantitative estimate of drug-likeness (QED) is 0.430. The Morgan fingerprint density at radius 1 is 0.767 bits per heavy atom. The van der Waals surface area contributed by atoms with Crippen LogP contribution >= 0.6 is 23.2 Å². The molecule has 0 unspecified atom stereocenters. The van der Waals surface area contributed by atoms with Gasteiger partial charge in [-0.2, -0.15) is 13.2 Å². The van der Waals surface area contributed by atoms with Gasteiger partial charge in [0.05, 0.1) is 0 Å². The molecule has 0 N–H and O–H groups in total. The average Bonchev–Trinajstić information content (AvgIpc) is 2.70. The molecule has 0 fully saturated rings. The molecule has 0 amide bonds. The molecule has 0 aromatic heterocycles. The maximum absolute atomic E-state index is 15.0. The highest BCUT2D eigenvalue weighted by Crippen LogP contribution is 2.59. The van der Waals surface area contributed by atoms with Crippen molar-refractivity contribution in [1.29, 1.82) is 0 Å². The first kappa shape index (κ1) is 20.4. The molecule has 3 aromatic carbocycles. The number of hydrogen-bond donors (Lipinski definition) is 0. The summed E-state index contributed by atoms with van der Waals surface area (Å²) in [6, 6.07) is 14.5. The maximum Gasteiger partial charge on any atom is 0.406 e. The van der Waals surface area contributed by atoms with Crippen LogP contribution in [-0.2, 0) is 5.41 Å². The highest BCUT2D eigenvalue weighted by molar-refractivity contribution is 6.68. The summed E-state index contributed by atoms with van der Waals surface area (Å²) in [5.41, 5.74) is -3.67. The van der Waals surface area contributed by atoms with Crippen molar-refractivity contribution in [2.45, 2.75) is 11.6 Å². The molecule has 1 aliphatic rings. The van der Waals surface area contributed by atoms with Crippen molar-refractivity contribution in [3.05, 3.63) is 94.5 Å². The summed E-state index contributed by atoms with van der Waals surface area (Å²) in [7, 11) is 0. The van der Waals surface area contributed by atoms with Crippen LogP contribution in [0.5, 0.6) is 11.5 Å². The van der Waals surface area contributed by atoms with E-state index in [2.05, 4.69) is 0 Å². The van der Waals surface area contributed by atoms with Crippen molar-refractivity contribution in [3.63, 3.8) is 0 Å². The number of fused-ring (bicyclic) bond motifs is 2. The lowest BCUT2D eigenvalue weighted by Gasteiger charge is -2.42. The Morgan fingerprint density at radius 3 is 1.63 bits per heavy atom. The zero-order chi connectivity index (χ0) is 21.7. The molecular formula is C22H11Cl2F3O3. The van der Waals surface area contributed by atoms with Gasteiger partial charge in [-0.1, -0.05) is 30.3 Å². The molecule has 0 radical (unpaired) electrons. The summed E-state index contributed by atoms with van der Waals surface area (Å²) in [4.78, 5) is 23.4. The van der Waals surface area contributed by atoms with Gasteiger partial charge in [-0.05, 0) is 65.2 Å². The largest absolute Gasteiger partial charge is 0.457 e. The SMILES string of the molecule is O=C(Cl)c1ccc2c(c1)C(c1ccccc1)(C(F)(F)F)c1cc(C(=O)Cl)ccc1O2. The highest BCUT2D eigenvalue weighted by Gasteiger charge is 2.62. The molecule has 3 aromatic rings. The second-order valence-corrected chi connectivity index (χ2v) is 7.37. The molecule has 0 spiro atoms. The monoisotopic (exact) mass is 450 g/mol. The predicted molar refractivity (Wildman–Crippen MR) is 106 cm³/mol. The Labute approximate surface area is 179 Å². The van der Waals surface area contributed by atoms with E-state index in [1.807, 2.05) is 0 Å². The molecule has 1 heterocycles. The number of benzene rings is 3. The maximum atomic E-state index is 15.0. The molecule has 1 aliphatic heterocycles. The van der Waals surface area contributed by atoms with Crippen LogP contribution in [-0.4, -0.2) is 16.7 Å². The van der Waals surface area contributed by atoms with Gasteiger partial charge in [0.25, 0.3) is 10.5 Å². The minimum Gasteiger partial charge on any atom is -0.457 e. The minimum absolute atomic E-state index is 0.0738. The lowest BCUT2D eigenvalue weighted by Crippen LogP contribution is -2.46. The molecular weight excluding hydrogens is 440 g/mol. The van der Waals surface area contributed by atoms with Gasteiger partial charge >= 0.3 is 6.18 Å². The first-order valence-corrected chi connectivity index (χ1v) is 9.40. The van der Waals surface area contributed by atoms with Crippen LogP contribution in [0.2, 0.25) is 0 Å². The molecule has 0 aliphatic carbocycles. The van der Waals surface area contributed by atoms with E-state index in [-0.39, 0.29) is 39.3 Å². The van der Waals surface area contributed by atoms with Crippen LogP contribution in [0, 0.1) is 0 Å². The first-order chi connectivity index (χ1) is 14.2. The van der Waals surface area contributed by atoms with Crippen LogP contribution in [0.15, 0.2) is 66.7 Å². The van der Waals surface area contributed by atoms with Gasteiger partial charge in [0.15, 0.2) is 0 Å². The summed E-state index contributed by atoms with van der Waals surface area (Å²) < 4.78 is 50.8. The number of carbonyl (C=O) groups is 2. The normalized spacial score (nSPS) is 14.3. The number of hydrogen-bond acceptors (Lipinski definition) is 3. The number of carbonyl (C=O) groups excluding carboxylic acids is 2. The van der Waals surface area contributed by atoms with Gasteiger partial charge < -0.3 is 4.74 Å². The standard InChI is InChI=1S/C22H11Cl2F3O3/c23-19(28)12-6-8-17-15(10-12)21(22(25,26)27,14-4-2-1-3-5-14)16-11-13(20(24)29)7-9-18(16)30-17/h1-11H. The molecule has 0 saturated heterocycles. The summed E-state index contributed by atoms with van der Waals surface area (Å²) in [5, 5.41) is -1.81. The first-order valence-electron chi connectivity index (χ1n) is 8.65. The fourth-order valence-corrected chi connectivity index (χ4v) is 4.04. The van der Waals surface area contributed by atoms with Gasteiger partial charge in [-0.25, -0.2) is 0 Å². The molecule has 0 bridgehead atoms. The van der Waals surface area contributed by atoms with Crippen molar-refractivity contribution >= 4 is 33.7 Å². The Balaban J connectivity index is 2.19. The minimum atomic E-state index is -4.87. The van der Waals surface area contributed by atoms with E-state index < -0.39 is 22.1 Å². The van der Waals surface area contributed by atoms with E-state index >= 15 is 13.2 Å². The molecule has 0 atom stereocenters. The van der Waals surface area contributed by atoms with Crippen LogP contribution in [0.25, 0.3) is 0 Å². The third-order valence-electron chi connectivity index (χ3n) is 5.07. The van der Waals surface area contributed by atoms with Crippen molar-refractivity contribution in [1.82, 2.24) is 0 Å². The molecule has 30 heavy (non-hydrogen) atoms. The number of alkyl halides is 3. The number of rotatable bonds is 3. The van der Waals surface area contributed by atoms with Gasteiger partial charge in [0.2, 0.25) is 0 Å². The highest BCUT2D eigenvalue weighted by atomic mass is 35.5. The van der Waals surface area contributed by atoms with Gasteiger partial charge in [0.1, 0.15) is 16.9 Å². The van der Waals surface area contributed by atoms with Crippen molar-refractivity contribution < 1.29 is 27.5 Å². The van der Waals surface area contributed by atoms with Gasteiger partial charge in [-0.3, -0.25) is 9.59 Å². The zero-order valence-corrected chi connectivity index (χ0v) is 16.5. The third kappa shape index (κ3) is 2.99. The number of halogens is 5. The fraction of sp³-hybridized carbons (Fsp3) is 0.0909. The number of ether oxygens (including phenoxy) is 1. The lowest BCUT2D eigenvalue weighted by molar-refractivity contribution is -0.168. The molecule has 0 saturated carbocycles. The van der Waals surface area contributed by atoms with E-state index in [9.17, 15) is 9.59 Å². The fourth-order valence-electron chi connectivity index (χ4n) is 3.80. The zero-order valence-electron chi connectivity index (χ0n) is 15.0. The molecule has 152 valence electrons. The Morgan fingerprint density at radius 2 is 1.23 bits per heavy atom. The van der Waals surface area contributed by atoms with Gasteiger partial charge in [-0.15, -0.1) is 0 Å². The topological polar surface area (TPSA) is 43.4 Å². The summed E-state index contributed by atoms with van der Waals surface area (Å²) in [6.07, 6.45) is -4.87. The van der Waals surface area contributed by atoms with E-state index in [1.165, 1.54) is 48.5 Å². The summed E-state index contributed by atoms with van der Waals surface area (Å²) >= 11 is 11.1. The smallest absolute Gasteiger partial charge is 0.406 e. The van der Waals surface area contributed by atoms with Crippen LogP contribution in [0.1, 0.15) is 37.4 Å². The predicted octanol–water partition coefficient (Wildman–Crippen LogP) is 6.45. The van der Waals surface area contributed by atoms with E-state index in [4.69, 9.17) is 27.9 Å². The summed E-state index contributed by atoms with van der Waals surface area (Å²) in [6.45, 7) is 0. The van der Waals surface area contributed by atoms with Crippen molar-refractivity contribution in [2.24, 2.45) is 0 Å². The van der Waals surface area contributed by atoms with Crippen LogP contribution in [0.4, 0.5) is 13.2 Å². The molecule has 4 rings (SSSR count). The molecule has 3 nitrogen and oxygen atoms in total. The van der Waals surface area contributed by atoms with Gasteiger partial charge in [0, 0.05) is 22.3 Å². The Hall–Kier alpha value is -2.83. The Kier molecular flexibility index (Phi) is 4.87. The van der Waals surface area contributed by atoms with Crippen LogP contribution in [0.3, 0.4) is 0 Å². The second kappa shape index (κ2) is 7.15. The second-order valence-electron chi connectivity index (χ2n) is 6.69. The third-order valence-corrected chi connectivity index (χ3v) is 5.51. The Bertz CT molecular complexity index is 1110. The lowest BCUT2D eigenvalue weighted by atomic mass is 9.66. The van der Waals surface area contributed by atoms with Crippen molar-refractivity contribution in [2.75, 3.05) is 0 Å². The molecule has 8 heteroatoms. The summed E-state index contributed by atoms with van der Waals surface area (Å²) in [5.74, 6) is -0.148.